The molecule has 1 aliphatic heterocycles. The summed E-state index contributed by atoms with van der Waals surface area (Å²) in [4.78, 5) is 34.2. The first kappa shape index (κ1) is 14.0. The van der Waals surface area contributed by atoms with Crippen LogP contribution in [-0.4, -0.2) is 44.9 Å². The van der Waals surface area contributed by atoms with Gasteiger partial charge in [-0.05, 0) is 33.1 Å². The van der Waals surface area contributed by atoms with E-state index >= 15 is 0 Å². The van der Waals surface area contributed by atoms with Crippen molar-refractivity contribution in [3.63, 3.8) is 0 Å². The van der Waals surface area contributed by atoms with Crippen LogP contribution in [0.25, 0.3) is 0 Å². The van der Waals surface area contributed by atoms with Gasteiger partial charge in [-0.1, -0.05) is 0 Å². The van der Waals surface area contributed by atoms with Gasteiger partial charge in [0.15, 0.2) is 0 Å². The standard InChI is InChI=1S/C15H19N3O3/c1-9-16-7-11(12(17-9)10-3-4-10)13(19)18-6-5-15(2,8-18)14(20)21/h7,10H,3-6,8H2,1-2H3,(H,20,21). The number of hydrogen-bond donors (Lipinski definition) is 1. The molecule has 1 aromatic rings. The van der Waals surface area contributed by atoms with Crippen LogP contribution < -0.4 is 0 Å². The van der Waals surface area contributed by atoms with E-state index in [1.54, 1.807) is 18.0 Å². The number of carbonyl (C=O) groups excluding carboxylic acids is 1. The molecule has 6 heteroatoms. The van der Waals surface area contributed by atoms with Crippen LogP contribution in [0.2, 0.25) is 0 Å². The molecule has 1 aliphatic carbocycles. The Morgan fingerprint density at radius 3 is 2.71 bits per heavy atom. The molecule has 1 N–H and O–H groups in total. The highest BCUT2D eigenvalue weighted by Gasteiger charge is 2.43. The molecule has 0 radical (unpaired) electrons. The van der Waals surface area contributed by atoms with Crippen LogP contribution >= 0.6 is 0 Å². The summed E-state index contributed by atoms with van der Waals surface area (Å²) >= 11 is 0. The van der Waals surface area contributed by atoms with Crippen molar-refractivity contribution in [2.45, 2.75) is 39.0 Å². The monoisotopic (exact) mass is 289 g/mol. The summed E-state index contributed by atoms with van der Waals surface area (Å²) in [6.45, 7) is 4.23. The van der Waals surface area contributed by atoms with Gasteiger partial charge in [-0.3, -0.25) is 9.59 Å². The summed E-state index contributed by atoms with van der Waals surface area (Å²) in [6, 6.07) is 0. The fourth-order valence-electron chi connectivity index (χ4n) is 2.80. The van der Waals surface area contributed by atoms with Crippen molar-refractivity contribution in [3.8, 4) is 0 Å². The normalized spacial score (nSPS) is 25.1. The van der Waals surface area contributed by atoms with E-state index in [2.05, 4.69) is 9.97 Å². The van der Waals surface area contributed by atoms with E-state index in [1.807, 2.05) is 6.92 Å². The molecule has 0 spiro atoms. The molecule has 1 aromatic heterocycles. The molecule has 1 saturated carbocycles. The smallest absolute Gasteiger partial charge is 0.311 e. The average Bonchev–Trinajstić information content (AvgIpc) is 3.20. The number of carboxylic acids is 1. The molecule has 0 bridgehead atoms. The first-order valence-corrected chi connectivity index (χ1v) is 7.27. The third-order valence-corrected chi connectivity index (χ3v) is 4.41. The molecule has 112 valence electrons. The Labute approximate surface area is 123 Å². The molecule has 1 amide bonds. The second-order valence-corrected chi connectivity index (χ2v) is 6.33. The topological polar surface area (TPSA) is 83.4 Å². The molecule has 1 saturated heterocycles. The van der Waals surface area contributed by atoms with Gasteiger partial charge in [-0.25, -0.2) is 9.97 Å². The number of likely N-dealkylation sites (tertiary alicyclic amines) is 1. The summed E-state index contributed by atoms with van der Waals surface area (Å²) in [6.07, 6.45) is 4.20. The van der Waals surface area contributed by atoms with Crippen molar-refractivity contribution in [2.24, 2.45) is 5.41 Å². The van der Waals surface area contributed by atoms with Gasteiger partial charge in [0.25, 0.3) is 5.91 Å². The van der Waals surface area contributed by atoms with Crippen LogP contribution in [-0.2, 0) is 4.79 Å². The lowest BCUT2D eigenvalue weighted by Crippen LogP contribution is -2.35. The zero-order valence-corrected chi connectivity index (χ0v) is 12.3. The number of hydrogen-bond acceptors (Lipinski definition) is 4. The molecule has 2 aliphatic rings. The largest absolute Gasteiger partial charge is 0.481 e. The van der Waals surface area contributed by atoms with Gasteiger partial charge in [-0.15, -0.1) is 0 Å². The highest BCUT2D eigenvalue weighted by molar-refractivity contribution is 5.96. The van der Waals surface area contributed by atoms with Crippen LogP contribution in [0.15, 0.2) is 6.20 Å². The van der Waals surface area contributed by atoms with Crippen molar-refractivity contribution in [2.75, 3.05) is 13.1 Å². The fraction of sp³-hybridized carbons (Fsp3) is 0.600. The maximum absolute atomic E-state index is 12.7. The summed E-state index contributed by atoms with van der Waals surface area (Å²) in [5.41, 5.74) is 0.523. The quantitative estimate of drug-likeness (QED) is 0.913. The zero-order chi connectivity index (χ0) is 15.2. The van der Waals surface area contributed by atoms with Gasteiger partial charge in [-0.2, -0.15) is 0 Å². The first-order valence-electron chi connectivity index (χ1n) is 7.27. The van der Waals surface area contributed by atoms with Crippen LogP contribution in [0.1, 0.15) is 54.0 Å². The lowest BCUT2D eigenvalue weighted by Gasteiger charge is -2.21. The number of amides is 1. The summed E-state index contributed by atoms with van der Waals surface area (Å²) in [5, 5.41) is 9.27. The number of carbonyl (C=O) groups is 2. The SMILES string of the molecule is Cc1ncc(C(=O)N2CCC(C)(C(=O)O)C2)c(C2CC2)n1. The molecule has 0 aromatic carbocycles. The Balaban J connectivity index is 1.85. The van der Waals surface area contributed by atoms with E-state index < -0.39 is 11.4 Å². The van der Waals surface area contributed by atoms with E-state index in [1.165, 1.54) is 0 Å². The Hall–Kier alpha value is -1.98. The van der Waals surface area contributed by atoms with E-state index in [4.69, 9.17) is 0 Å². The summed E-state index contributed by atoms with van der Waals surface area (Å²) in [7, 11) is 0. The number of carboxylic acid groups (broad SMARTS) is 1. The Morgan fingerprint density at radius 2 is 2.14 bits per heavy atom. The predicted octanol–water partition coefficient (Wildman–Crippen LogP) is 1.60. The molecular formula is C15H19N3O3. The van der Waals surface area contributed by atoms with E-state index in [0.717, 1.165) is 18.5 Å². The molecule has 21 heavy (non-hydrogen) atoms. The minimum absolute atomic E-state index is 0.137. The zero-order valence-electron chi connectivity index (χ0n) is 12.3. The van der Waals surface area contributed by atoms with Crippen molar-refractivity contribution in [1.82, 2.24) is 14.9 Å². The van der Waals surface area contributed by atoms with E-state index in [9.17, 15) is 14.7 Å². The van der Waals surface area contributed by atoms with Gasteiger partial charge >= 0.3 is 5.97 Å². The van der Waals surface area contributed by atoms with Crippen molar-refractivity contribution in [3.05, 3.63) is 23.3 Å². The third kappa shape index (κ3) is 2.50. The first-order chi connectivity index (χ1) is 9.90. The molecule has 3 rings (SSSR count). The van der Waals surface area contributed by atoms with Gasteiger partial charge < -0.3 is 10.0 Å². The van der Waals surface area contributed by atoms with Crippen LogP contribution in [0.3, 0.4) is 0 Å². The highest BCUT2D eigenvalue weighted by Crippen LogP contribution is 2.41. The number of aromatic nitrogens is 2. The second-order valence-electron chi connectivity index (χ2n) is 6.33. The number of aliphatic carboxylic acids is 1. The van der Waals surface area contributed by atoms with Crippen LogP contribution in [0, 0.1) is 12.3 Å². The van der Waals surface area contributed by atoms with Crippen molar-refractivity contribution in [1.29, 1.82) is 0 Å². The van der Waals surface area contributed by atoms with Crippen LogP contribution in [0.5, 0.6) is 0 Å². The highest BCUT2D eigenvalue weighted by atomic mass is 16.4. The maximum Gasteiger partial charge on any atom is 0.311 e. The molecule has 2 heterocycles. The van der Waals surface area contributed by atoms with Crippen molar-refractivity contribution >= 4 is 11.9 Å². The van der Waals surface area contributed by atoms with Gasteiger partial charge in [0.1, 0.15) is 5.82 Å². The third-order valence-electron chi connectivity index (χ3n) is 4.41. The van der Waals surface area contributed by atoms with Crippen LogP contribution in [0.4, 0.5) is 0 Å². The Bertz CT molecular complexity index is 612. The van der Waals surface area contributed by atoms with E-state index in [0.29, 0.717) is 30.3 Å². The molecule has 1 unspecified atom stereocenters. The summed E-state index contributed by atoms with van der Waals surface area (Å²) in [5.74, 6) is 0.0478. The molecule has 2 fully saturated rings. The average molecular weight is 289 g/mol. The van der Waals surface area contributed by atoms with Crippen molar-refractivity contribution < 1.29 is 14.7 Å². The van der Waals surface area contributed by atoms with E-state index in [-0.39, 0.29) is 12.5 Å². The minimum atomic E-state index is -0.847. The number of aryl methyl sites for hydroxylation is 1. The fourth-order valence-corrected chi connectivity index (χ4v) is 2.80. The summed E-state index contributed by atoms with van der Waals surface area (Å²) < 4.78 is 0. The minimum Gasteiger partial charge on any atom is -0.481 e. The lowest BCUT2D eigenvalue weighted by atomic mass is 9.90. The number of rotatable bonds is 3. The molecule has 6 nitrogen and oxygen atoms in total. The molecular weight excluding hydrogens is 270 g/mol. The van der Waals surface area contributed by atoms with Gasteiger partial charge in [0, 0.05) is 25.2 Å². The number of nitrogens with zero attached hydrogens (tertiary/aromatic N) is 3. The maximum atomic E-state index is 12.7. The molecule has 1 atom stereocenters. The Morgan fingerprint density at radius 1 is 1.43 bits per heavy atom. The Kier molecular flexibility index (Phi) is 3.19. The van der Waals surface area contributed by atoms with Gasteiger partial charge in [0.2, 0.25) is 0 Å². The predicted molar refractivity (Wildman–Crippen MR) is 75.0 cm³/mol. The van der Waals surface area contributed by atoms with Gasteiger partial charge in [0.05, 0.1) is 16.7 Å². The second kappa shape index (κ2) is 4.79. The lowest BCUT2D eigenvalue weighted by molar-refractivity contribution is -0.147.